The lowest BCUT2D eigenvalue weighted by molar-refractivity contribution is -0.125. The van der Waals surface area contributed by atoms with Crippen molar-refractivity contribution in [3.05, 3.63) is 0 Å². The number of rotatable bonds is 2. The van der Waals surface area contributed by atoms with Crippen molar-refractivity contribution >= 4 is 11.9 Å². The molecule has 1 aliphatic rings. The molecule has 0 aromatic rings. The molecule has 6 nitrogen and oxygen atoms in total. The number of carbonyl (C=O) groups excluding carboxylic acids is 2. The lowest BCUT2D eigenvalue weighted by atomic mass is 9.93. The number of nitrogens with zero attached hydrogens (tertiary/aromatic N) is 1. The molecule has 17 heavy (non-hydrogen) atoms. The van der Waals surface area contributed by atoms with Gasteiger partial charge in [-0.15, -0.1) is 0 Å². The smallest absolute Gasteiger partial charge is 0.321 e. The molecule has 1 fully saturated rings. The molecule has 1 heterocycles. The summed E-state index contributed by atoms with van der Waals surface area (Å²) >= 11 is 0. The van der Waals surface area contributed by atoms with E-state index in [0.717, 1.165) is 13.0 Å². The van der Waals surface area contributed by atoms with Gasteiger partial charge in [-0.25, -0.2) is 4.79 Å². The highest BCUT2D eigenvalue weighted by atomic mass is 16.2. The Bertz CT molecular complexity index is 295. The van der Waals surface area contributed by atoms with Gasteiger partial charge in [-0.2, -0.15) is 0 Å². The number of hydrogen-bond donors (Lipinski definition) is 3. The van der Waals surface area contributed by atoms with Crippen molar-refractivity contribution in [1.82, 2.24) is 15.5 Å². The molecule has 3 amide bonds. The standard InChI is InChI=1S/C11H22N4O2/c1-7-4-5-15(6-9(7)12)8(2)10(16)14-11(17)13-3/h7-9H,4-6,12H2,1-3H3,(H2,13,14,16,17). The fourth-order valence-corrected chi connectivity index (χ4v) is 1.92. The van der Waals surface area contributed by atoms with Crippen molar-refractivity contribution in [2.75, 3.05) is 20.1 Å². The Morgan fingerprint density at radius 3 is 2.65 bits per heavy atom. The number of imide groups is 1. The van der Waals surface area contributed by atoms with Crippen molar-refractivity contribution in [3.63, 3.8) is 0 Å². The summed E-state index contributed by atoms with van der Waals surface area (Å²) in [5, 5.41) is 4.64. The summed E-state index contributed by atoms with van der Waals surface area (Å²) in [6.45, 7) is 5.46. The fraction of sp³-hybridized carbons (Fsp3) is 0.818. The maximum Gasteiger partial charge on any atom is 0.321 e. The lowest BCUT2D eigenvalue weighted by Gasteiger charge is -2.37. The first-order chi connectivity index (χ1) is 7.95. The number of carbonyl (C=O) groups is 2. The average molecular weight is 242 g/mol. The first-order valence-corrected chi connectivity index (χ1v) is 5.98. The molecule has 0 spiro atoms. The highest BCUT2D eigenvalue weighted by molar-refractivity contribution is 5.96. The predicted octanol–water partition coefficient (Wildman–Crippen LogP) is -0.500. The zero-order valence-corrected chi connectivity index (χ0v) is 10.7. The van der Waals surface area contributed by atoms with Crippen LogP contribution in [0.4, 0.5) is 4.79 Å². The van der Waals surface area contributed by atoms with Gasteiger partial charge >= 0.3 is 6.03 Å². The third-order valence-corrected chi connectivity index (χ3v) is 3.44. The van der Waals surface area contributed by atoms with E-state index in [1.54, 1.807) is 6.92 Å². The van der Waals surface area contributed by atoms with Crippen LogP contribution in [0.1, 0.15) is 20.3 Å². The molecule has 0 aliphatic carbocycles. The van der Waals surface area contributed by atoms with E-state index >= 15 is 0 Å². The SMILES string of the molecule is CNC(=O)NC(=O)C(C)N1CCC(C)C(N)C1. The van der Waals surface area contributed by atoms with Gasteiger partial charge in [0.2, 0.25) is 5.91 Å². The minimum absolute atomic E-state index is 0.0963. The second-order valence-electron chi connectivity index (χ2n) is 4.67. The van der Waals surface area contributed by atoms with E-state index in [2.05, 4.69) is 17.6 Å². The molecule has 1 aliphatic heterocycles. The van der Waals surface area contributed by atoms with Crippen molar-refractivity contribution in [2.24, 2.45) is 11.7 Å². The highest BCUT2D eigenvalue weighted by Gasteiger charge is 2.29. The summed E-state index contributed by atoms with van der Waals surface area (Å²) in [5.41, 5.74) is 5.98. The zero-order valence-electron chi connectivity index (χ0n) is 10.7. The number of nitrogens with one attached hydrogen (secondary N) is 2. The Morgan fingerprint density at radius 2 is 2.12 bits per heavy atom. The summed E-state index contributed by atoms with van der Waals surface area (Å²) in [5.74, 6) is 0.201. The Balaban J connectivity index is 2.49. The summed E-state index contributed by atoms with van der Waals surface area (Å²) in [6.07, 6.45) is 0.985. The minimum atomic E-state index is -0.475. The largest absolute Gasteiger partial charge is 0.341 e. The predicted molar refractivity (Wildman–Crippen MR) is 65.4 cm³/mol. The molecule has 0 aromatic heterocycles. The van der Waals surface area contributed by atoms with Crippen LogP contribution in [0.2, 0.25) is 0 Å². The second-order valence-corrected chi connectivity index (χ2v) is 4.67. The number of urea groups is 1. The quantitative estimate of drug-likeness (QED) is 0.609. The normalized spacial score (nSPS) is 27.3. The monoisotopic (exact) mass is 242 g/mol. The van der Waals surface area contributed by atoms with Crippen LogP contribution < -0.4 is 16.4 Å². The van der Waals surface area contributed by atoms with E-state index in [1.165, 1.54) is 7.05 Å². The van der Waals surface area contributed by atoms with Crippen LogP contribution in [0.25, 0.3) is 0 Å². The molecule has 98 valence electrons. The molecule has 3 atom stereocenters. The van der Waals surface area contributed by atoms with Crippen LogP contribution in [-0.4, -0.2) is 49.1 Å². The van der Waals surface area contributed by atoms with Crippen molar-refractivity contribution in [1.29, 1.82) is 0 Å². The van der Waals surface area contributed by atoms with Crippen LogP contribution in [0, 0.1) is 5.92 Å². The molecular weight excluding hydrogens is 220 g/mol. The number of likely N-dealkylation sites (tertiary alicyclic amines) is 1. The van der Waals surface area contributed by atoms with Crippen LogP contribution in [-0.2, 0) is 4.79 Å². The maximum absolute atomic E-state index is 11.7. The van der Waals surface area contributed by atoms with Crippen molar-refractivity contribution in [2.45, 2.75) is 32.4 Å². The van der Waals surface area contributed by atoms with Crippen LogP contribution in [0.3, 0.4) is 0 Å². The average Bonchev–Trinajstić information content (AvgIpc) is 2.31. The second kappa shape index (κ2) is 5.97. The molecule has 1 saturated heterocycles. The van der Waals surface area contributed by atoms with Crippen molar-refractivity contribution < 1.29 is 9.59 Å². The Kier molecular flexibility index (Phi) is 4.89. The third-order valence-electron chi connectivity index (χ3n) is 3.44. The third kappa shape index (κ3) is 3.67. The van der Waals surface area contributed by atoms with Gasteiger partial charge in [0.05, 0.1) is 6.04 Å². The van der Waals surface area contributed by atoms with E-state index < -0.39 is 6.03 Å². The van der Waals surface area contributed by atoms with Crippen LogP contribution in [0.15, 0.2) is 0 Å². The summed E-state index contributed by atoms with van der Waals surface area (Å²) in [7, 11) is 1.48. The first kappa shape index (κ1) is 13.9. The zero-order chi connectivity index (χ0) is 13.0. The highest BCUT2D eigenvalue weighted by Crippen LogP contribution is 2.17. The molecule has 6 heteroatoms. The molecule has 4 N–H and O–H groups in total. The summed E-state index contributed by atoms with van der Waals surface area (Å²) in [4.78, 5) is 24.8. The van der Waals surface area contributed by atoms with E-state index in [9.17, 15) is 9.59 Å². The molecule has 1 rings (SSSR count). The van der Waals surface area contributed by atoms with Gasteiger partial charge in [0.25, 0.3) is 0 Å². The molecule has 0 bridgehead atoms. The Hall–Kier alpha value is -1.14. The van der Waals surface area contributed by atoms with Gasteiger partial charge in [-0.3, -0.25) is 15.0 Å². The van der Waals surface area contributed by atoms with Crippen LogP contribution >= 0.6 is 0 Å². The van der Waals surface area contributed by atoms with Gasteiger partial charge < -0.3 is 11.1 Å². The van der Waals surface area contributed by atoms with E-state index in [4.69, 9.17) is 5.73 Å². The Morgan fingerprint density at radius 1 is 1.47 bits per heavy atom. The van der Waals surface area contributed by atoms with Gasteiger partial charge in [-0.1, -0.05) is 6.92 Å². The van der Waals surface area contributed by atoms with Gasteiger partial charge in [-0.05, 0) is 25.8 Å². The van der Waals surface area contributed by atoms with Gasteiger partial charge in [0.1, 0.15) is 0 Å². The molecule has 0 radical (unpaired) electrons. The Labute approximate surface area is 102 Å². The van der Waals surface area contributed by atoms with Gasteiger partial charge in [0, 0.05) is 19.6 Å². The topological polar surface area (TPSA) is 87.5 Å². The molecule has 0 aromatic carbocycles. The number of hydrogen-bond acceptors (Lipinski definition) is 4. The summed E-state index contributed by atoms with van der Waals surface area (Å²) in [6, 6.07) is -0.707. The number of amides is 3. The van der Waals surface area contributed by atoms with Crippen LogP contribution in [0.5, 0.6) is 0 Å². The van der Waals surface area contributed by atoms with Gasteiger partial charge in [0.15, 0.2) is 0 Å². The first-order valence-electron chi connectivity index (χ1n) is 5.98. The molecular formula is C11H22N4O2. The maximum atomic E-state index is 11.7. The fourth-order valence-electron chi connectivity index (χ4n) is 1.92. The van der Waals surface area contributed by atoms with E-state index in [0.29, 0.717) is 12.5 Å². The number of piperidine rings is 1. The summed E-state index contributed by atoms with van der Waals surface area (Å²) < 4.78 is 0. The van der Waals surface area contributed by atoms with E-state index in [-0.39, 0.29) is 18.0 Å². The number of nitrogens with two attached hydrogens (primary N) is 1. The lowest BCUT2D eigenvalue weighted by Crippen LogP contribution is -2.55. The molecule has 3 unspecified atom stereocenters. The van der Waals surface area contributed by atoms with E-state index in [1.807, 2.05) is 4.90 Å². The molecule has 0 saturated carbocycles. The van der Waals surface area contributed by atoms with Crippen molar-refractivity contribution in [3.8, 4) is 0 Å². The minimum Gasteiger partial charge on any atom is -0.341 e.